The summed E-state index contributed by atoms with van der Waals surface area (Å²) in [6.07, 6.45) is 2.53. The molecule has 2 amide bonds. The van der Waals surface area contributed by atoms with E-state index in [9.17, 15) is 9.18 Å². The monoisotopic (exact) mass is 440 g/mol. The first kappa shape index (κ1) is 21.8. The number of piperidine rings is 1. The molecule has 1 N–H and O–H groups in total. The van der Waals surface area contributed by atoms with Crippen LogP contribution in [0.1, 0.15) is 42.6 Å². The minimum absolute atomic E-state index is 0.118. The van der Waals surface area contributed by atoms with Crippen LogP contribution >= 0.6 is 0 Å². The number of hydrogen-bond acceptors (Lipinski definition) is 6. The highest BCUT2D eigenvalue weighted by molar-refractivity contribution is 5.89. The topological polar surface area (TPSA) is 89.7 Å². The summed E-state index contributed by atoms with van der Waals surface area (Å²) in [6, 6.07) is 13.4. The molecule has 0 spiro atoms. The van der Waals surface area contributed by atoms with Crippen molar-refractivity contribution >= 4 is 11.7 Å². The SMILES string of the molecule is COc1ccc(NC(=O)N2CCCCC2c2noc(COCc3ccccc3)n2)cc1F. The van der Waals surface area contributed by atoms with Crippen molar-refractivity contribution < 1.29 is 23.2 Å². The molecule has 0 saturated carbocycles. The van der Waals surface area contributed by atoms with Crippen LogP contribution < -0.4 is 10.1 Å². The highest BCUT2D eigenvalue weighted by Crippen LogP contribution is 2.30. The van der Waals surface area contributed by atoms with E-state index in [1.165, 1.54) is 19.2 Å². The standard InChI is InChI=1S/C23H25FN4O4/c1-30-20-11-10-17(13-18(20)24)25-23(29)28-12-6-5-9-19(28)22-26-21(32-27-22)15-31-14-16-7-3-2-4-8-16/h2-4,7-8,10-11,13,19H,5-6,9,12,14-15H2,1H3,(H,25,29). The van der Waals surface area contributed by atoms with Gasteiger partial charge in [0.05, 0.1) is 19.8 Å². The molecule has 1 aliphatic rings. The molecule has 4 rings (SSSR count). The molecular formula is C23H25FN4O4. The third-order valence-electron chi connectivity index (χ3n) is 5.29. The van der Waals surface area contributed by atoms with Crippen LogP contribution in [0.4, 0.5) is 14.9 Å². The largest absolute Gasteiger partial charge is 0.494 e. The second-order valence-corrected chi connectivity index (χ2v) is 7.51. The number of halogens is 1. The number of hydrogen-bond donors (Lipinski definition) is 1. The normalized spacial score (nSPS) is 16.1. The van der Waals surface area contributed by atoms with Crippen LogP contribution in [0.2, 0.25) is 0 Å². The molecule has 1 aromatic heterocycles. The third-order valence-corrected chi connectivity index (χ3v) is 5.29. The number of rotatable bonds is 7. The number of aromatic nitrogens is 2. The number of carbonyl (C=O) groups excluding carboxylic acids is 1. The zero-order valence-corrected chi connectivity index (χ0v) is 17.8. The molecule has 9 heteroatoms. The maximum absolute atomic E-state index is 14.0. The number of benzene rings is 2. The van der Waals surface area contributed by atoms with Crippen LogP contribution in [-0.4, -0.2) is 34.7 Å². The maximum Gasteiger partial charge on any atom is 0.322 e. The van der Waals surface area contributed by atoms with Crippen LogP contribution in [0.25, 0.3) is 0 Å². The number of anilines is 1. The van der Waals surface area contributed by atoms with E-state index < -0.39 is 5.82 Å². The second kappa shape index (κ2) is 10.2. The molecule has 1 atom stereocenters. The zero-order valence-electron chi connectivity index (χ0n) is 17.8. The summed E-state index contributed by atoms with van der Waals surface area (Å²) >= 11 is 0. The number of carbonyl (C=O) groups is 1. The summed E-state index contributed by atoms with van der Waals surface area (Å²) < 4.78 is 29.9. The highest BCUT2D eigenvalue weighted by Gasteiger charge is 2.31. The highest BCUT2D eigenvalue weighted by atomic mass is 19.1. The van der Waals surface area contributed by atoms with Crippen molar-refractivity contribution in [2.24, 2.45) is 0 Å². The van der Waals surface area contributed by atoms with Crippen molar-refractivity contribution in [2.45, 2.75) is 38.5 Å². The van der Waals surface area contributed by atoms with Crippen molar-refractivity contribution in [1.82, 2.24) is 15.0 Å². The molecule has 0 aliphatic carbocycles. The van der Waals surface area contributed by atoms with Crippen LogP contribution in [-0.2, 0) is 18.0 Å². The third kappa shape index (κ3) is 5.23. The Labute approximate surface area is 185 Å². The average molecular weight is 440 g/mol. The fourth-order valence-corrected chi connectivity index (χ4v) is 3.67. The molecule has 8 nitrogen and oxygen atoms in total. The number of ether oxygens (including phenoxy) is 2. The Bertz CT molecular complexity index is 1040. The van der Waals surface area contributed by atoms with Gasteiger partial charge in [-0.25, -0.2) is 9.18 Å². The van der Waals surface area contributed by atoms with Gasteiger partial charge in [0.2, 0.25) is 0 Å². The molecular weight excluding hydrogens is 415 g/mol. The number of urea groups is 1. The van der Waals surface area contributed by atoms with Gasteiger partial charge < -0.3 is 24.2 Å². The maximum atomic E-state index is 14.0. The lowest BCUT2D eigenvalue weighted by Gasteiger charge is -2.33. The quantitative estimate of drug-likeness (QED) is 0.573. The van der Waals surface area contributed by atoms with Crippen LogP contribution in [0.5, 0.6) is 5.75 Å². The van der Waals surface area contributed by atoms with Gasteiger partial charge in [-0.05, 0) is 37.0 Å². The molecule has 0 bridgehead atoms. The first-order valence-electron chi connectivity index (χ1n) is 10.5. The molecule has 1 fully saturated rings. The number of nitrogens with one attached hydrogen (secondary N) is 1. The van der Waals surface area contributed by atoms with E-state index >= 15 is 0 Å². The van der Waals surface area contributed by atoms with Crippen LogP contribution in [0.3, 0.4) is 0 Å². The van der Waals surface area contributed by atoms with Gasteiger partial charge >= 0.3 is 6.03 Å². The van der Waals surface area contributed by atoms with E-state index in [1.54, 1.807) is 11.0 Å². The molecule has 32 heavy (non-hydrogen) atoms. The smallest absolute Gasteiger partial charge is 0.322 e. The molecule has 1 aliphatic heterocycles. The molecule has 3 aromatic rings. The summed E-state index contributed by atoms with van der Waals surface area (Å²) in [5.41, 5.74) is 1.40. The fourth-order valence-electron chi connectivity index (χ4n) is 3.67. The van der Waals surface area contributed by atoms with Crippen molar-refractivity contribution in [3.8, 4) is 5.75 Å². The van der Waals surface area contributed by atoms with Crippen LogP contribution in [0.15, 0.2) is 53.1 Å². The summed E-state index contributed by atoms with van der Waals surface area (Å²) in [5.74, 6) is 0.379. The Hall–Kier alpha value is -3.46. The van der Waals surface area contributed by atoms with E-state index in [-0.39, 0.29) is 24.4 Å². The number of likely N-dealkylation sites (tertiary alicyclic amines) is 1. The van der Waals surface area contributed by atoms with Gasteiger partial charge in [-0.15, -0.1) is 0 Å². The molecule has 2 heterocycles. The van der Waals surface area contributed by atoms with E-state index in [0.29, 0.717) is 37.0 Å². The van der Waals surface area contributed by atoms with Gasteiger partial charge in [-0.1, -0.05) is 35.5 Å². The van der Waals surface area contributed by atoms with E-state index in [0.717, 1.165) is 18.4 Å². The Balaban J connectivity index is 1.38. The minimum Gasteiger partial charge on any atom is -0.494 e. The van der Waals surface area contributed by atoms with E-state index in [1.807, 2.05) is 30.3 Å². The van der Waals surface area contributed by atoms with Crippen molar-refractivity contribution in [1.29, 1.82) is 0 Å². The van der Waals surface area contributed by atoms with Gasteiger partial charge in [-0.3, -0.25) is 0 Å². The summed E-state index contributed by atoms with van der Waals surface area (Å²) in [4.78, 5) is 19.0. The van der Waals surface area contributed by atoms with Gasteiger partial charge in [0, 0.05) is 18.3 Å². The van der Waals surface area contributed by atoms with E-state index in [2.05, 4.69) is 15.5 Å². The van der Waals surface area contributed by atoms with Gasteiger partial charge in [0.25, 0.3) is 5.89 Å². The van der Waals surface area contributed by atoms with Crippen molar-refractivity contribution in [2.75, 3.05) is 19.0 Å². The second-order valence-electron chi connectivity index (χ2n) is 7.51. The Morgan fingerprint density at radius 1 is 1.22 bits per heavy atom. The molecule has 0 radical (unpaired) electrons. The first-order valence-corrected chi connectivity index (χ1v) is 10.5. The minimum atomic E-state index is -0.543. The molecule has 2 aromatic carbocycles. The molecule has 1 unspecified atom stereocenters. The summed E-state index contributed by atoms with van der Waals surface area (Å²) in [7, 11) is 1.39. The lowest BCUT2D eigenvalue weighted by Crippen LogP contribution is -2.41. The van der Waals surface area contributed by atoms with E-state index in [4.69, 9.17) is 14.0 Å². The number of methoxy groups -OCH3 is 1. The Kier molecular flexibility index (Phi) is 6.96. The Morgan fingerprint density at radius 3 is 2.84 bits per heavy atom. The zero-order chi connectivity index (χ0) is 22.3. The van der Waals surface area contributed by atoms with Crippen LogP contribution in [0, 0.1) is 5.82 Å². The first-order chi connectivity index (χ1) is 15.6. The fraction of sp³-hybridized carbons (Fsp3) is 0.348. The summed E-state index contributed by atoms with van der Waals surface area (Å²) in [5, 5.41) is 6.82. The summed E-state index contributed by atoms with van der Waals surface area (Å²) in [6.45, 7) is 1.17. The van der Waals surface area contributed by atoms with Gasteiger partial charge in [0.15, 0.2) is 17.4 Å². The molecule has 1 saturated heterocycles. The predicted molar refractivity (Wildman–Crippen MR) is 115 cm³/mol. The predicted octanol–water partition coefficient (Wildman–Crippen LogP) is 4.69. The number of nitrogens with zero attached hydrogens (tertiary/aromatic N) is 3. The lowest BCUT2D eigenvalue weighted by atomic mass is 10.0. The van der Waals surface area contributed by atoms with Crippen molar-refractivity contribution in [3.05, 3.63) is 71.6 Å². The van der Waals surface area contributed by atoms with Gasteiger partial charge in [0.1, 0.15) is 6.61 Å². The lowest BCUT2D eigenvalue weighted by molar-refractivity contribution is 0.0850. The Morgan fingerprint density at radius 2 is 2.06 bits per heavy atom. The number of amides is 2. The molecule has 168 valence electrons. The average Bonchev–Trinajstić information content (AvgIpc) is 3.29. The van der Waals surface area contributed by atoms with Crippen molar-refractivity contribution in [3.63, 3.8) is 0 Å². The van der Waals surface area contributed by atoms with Gasteiger partial charge in [-0.2, -0.15) is 4.98 Å².